The minimum atomic E-state index is 0. The fourth-order valence-corrected chi connectivity index (χ4v) is 2.77. The molecule has 2 heterocycles. The van der Waals surface area contributed by atoms with E-state index in [0.717, 1.165) is 24.7 Å². The summed E-state index contributed by atoms with van der Waals surface area (Å²) in [4.78, 5) is 5.96. The third-order valence-corrected chi connectivity index (χ3v) is 4.28. The molecule has 0 fully saturated rings. The zero-order valence-electron chi connectivity index (χ0n) is 13.5. The number of aromatic nitrogens is 2. The Hall–Kier alpha value is -1.09. The van der Waals surface area contributed by atoms with Crippen molar-refractivity contribution in [1.29, 1.82) is 0 Å². The molecular weight excluding hydrogens is 409 g/mol. The highest BCUT2D eigenvalue weighted by Gasteiger charge is 2.09. The van der Waals surface area contributed by atoms with Gasteiger partial charge in [-0.15, -0.1) is 35.3 Å². The maximum atomic E-state index is 4.66. The lowest BCUT2D eigenvalue weighted by Crippen LogP contribution is -2.36. The number of halogens is 1. The summed E-state index contributed by atoms with van der Waals surface area (Å²) in [5.41, 5.74) is 3.42. The van der Waals surface area contributed by atoms with E-state index in [1.807, 2.05) is 18.7 Å². The van der Waals surface area contributed by atoms with Gasteiger partial charge in [-0.25, -0.2) is 4.99 Å². The van der Waals surface area contributed by atoms with Gasteiger partial charge in [-0.05, 0) is 32.2 Å². The highest BCUT2D eigenvalue weighted by Crippen LogP contribution is 2.13. The van der Waals surface area contributed by atoms with E-state index in [-0.39, 0.29) is 24.0 Å². The summed E-state index contributed by atoms with van der Waals surface area (Å²) in [5.74, 6) is 0.841. The van der Waals surface area contributed by atoms with Crippen LogP contribution < -0.4 is 10.6 Å². The quantitative estimate of drug-likeness (QED) is 0.433. The lowest BCUT2D eigenvalue weighted by atomic mass is 10.2. The van der Waals surface area contributed by atoms with Crippen molar-refractivity contribution in [2.24, 2.45) is 12.0 Å². The van der Waals surface area contributed by atoms with Crippen LogP contribution in [0.3, 0.4) is 0 Å². The number of nitrogens with one attached hydrogen (secondary N) is 2. The van der Waals surface area contributed by atoms with E-state index in [1.54, 1.807) is 11.3 Å². The Bertz CT molecular complexity index is 604. The summed E-state index contributed by atoms with van der Waals surface area (Å²) in [6, 6.07) is 4.19. The van der Waals surface area contributed by atoms with E-state index >= 15 is 0 Å². The topological polar surface area (TPSA) is 54.2 Å². The summed E-state index contributed by atoms with van der Waals surface area (Å²) in [5, 5.41) is 13.2. The van der Waals surface area contributed by atoms with Crippen molar-refractivity contribution in [3.05, 3.63) is 39.3 Å². The fourth-order valence-electron chi connectivity index (χ4n) is 2.13. The largest absolute Gasteiger partial charge is 0.357 e. The molecule has 0 spiro atoms. The molecule has 0 saturated carbocycles. The van der Waals surface area contributed by atoms with Gasteiger partial charge in [0, 0.05) is 29.7 Å². The SMILES string of the molecule is CCNC(=NCc1c(C)nn(C)c1C)NCc1cccs1.I. The van der Waals surface area contributed by atoms with E-state index in [9.17, 15) is 0 Å². The van der Waals surface area contributed by atoms with Gasteiger partial charge in [-0.3, -0.25) is 4.68 Å². The molecule has 0 unspecified atom stereocenters. The molecule has 2 aromatic rings. The van der Waals surface area contributed by atoms with Crippen LogP contribution in [0.15, 0.2) is 22.5 Å². The van der Waals surface area contributed by atoms with Crippen LogP contribution in [0.4, 0.5) is 0 Å². The average molecular weight is 433 g/mol. The fraction of sp³-hybridized carbons (Fsp3) is 0.467. The monoisotopic (exact) mass is 433 g/mol. The number of hydrogen-bond acceptors (Lipinski definition) is 3. The van der Waals surface area contributed by atoms with Crippen molar-refractivity contribution in [3.63, 3.8) is 0 Å². The molecule has 0 radical (unpaired) electrons. The number of aliphatic imine (C=N–C) groups is 1. The van der Waals surface area contributed by atoms with Gasteiger partial charge in [0.15, 0.2) is 5.96 Å². The molecule has 0 amide bonds. The van der Waals surface area contributed by atoms with Crippen LogP contribution in [-0.4, -0.2) is 22.3 Å². The van der Waals surface area contributed by atoms with Crippen LogP contribution >= 0.6 is 35.3 Å². The highest BCUT2D eigenvalue weighted by atomic mass is 127. The zero-order chi connectivity index (χ0) is 15.2. The Morgan fingerprint density at radius 1 is 1.36 bits per heavy atom. The normalized spacial score (nSPS) is 11.2. The molecule has 0 saturated heterocycles. The van der Waals surface area contributed by atoms with Gasteiger partial charge in [0.1, 0.15) is 0 Å². The molecule has 22 heavy (non-hydrogen) atoms. The maximum Gasteiger partial charge on any atom is 0.191 e. The molecule has 5 nitrogen and oxygen atoms in total. The van der Waals surface area contributed by atoms with Crippen LogP contribution in [0.2, 0.25) is 0 Å². The molecule has 0 aliphatic heterocycles. The molecule has 0 aliphatic rings. The Kier molecular flexibility index (Phi) is 7.88. The molecule has 2 aromatic heterocycles. The average Bonchev–Trinajstić information content (AvgIpc) is 3.04. The Morgan fingerprint density at radius 2 is 2.14 bits per heavy atom. The second-order valence-electron chi connectivity index (χ2n) is 4.90. The van der Waals surface area contributed by atoms with Crippen LogP contribution in [0.25, 0.3) is 0 Å². The predicted octanol–water partition coefficient (Wildman–Crippen LogP) is 2.97. The van der Waals surface area contributed by atoms with Gasteiger partial charge in [-0.2, -0.15) is 5.10 Å². The molecule has 2 N–H and O–H groups in total. The van der Waals surface area contributed by atoms with Crippen molar-refractivity contribution in [1.82, 2.24) is 20.4 Å². The first-order chi connectivity index (χ1) is 10.1. The molecular formula is C15H24IN5S. The third kappa shape index (κ3) is 4.98. The number of guanidine groups is 1. The van der Waals surface area contributed by atoms with Crippen molar-refractivity contribution >= 4 is 41.3 Å². The summed E-state index contributed by atoms with van der Waals surface area (Å²) >= 11 is 1.75. The van der Waals surface area contributed by atoms with E-state index in [0.29, 0.717) is 6.54 Å². The zero-order valence-corrected chi connectivity index (χ0v) is 16.7. The molecule has 0 bridgehead atoms. The van der Waals surface area contributed by atoms with Gasteiger partial charge in [0.25, 0.3) is 0 Å². The number of aryl methyl sites for hydroxylation is 2. The minimum Gasteiger partial charge on any atom is -0.357 e. The summed E-state index contributed by atoms with van der Waals surface area (Å²) in [7, 11) is 1.97. The second kappa shape index (κ2) is 9.14. The number of nitrogens with zero attached hydrogens (tertiary/aromatic N) is 3. The molecule has 122 valence electrons. The van der Waals surface area contributed by atoms with Crippen LogP contribution in [-0.2, 0) is 20.1 Å². The summed E-state index contributed by atoms with van der Waals surface area (Å²) in [6.07, 6.45) is 0. The first kappa shape index (κ1) is 19.0. The Morgan fingerprint density at radius 3 is 2.68 bits per heavy atom. The highest BCUT2D eigenvalue weighted by molar-refractivity contribution is 14.0. The first-order valence-electron chi connectivity index (χ1n) is 7.15. The van der Waals surface area contributed by atoms with Gasteiger partial charge in [0.05, 0.1) is 18.8 Å². The van der Waals surface area contributed by atoms with Crippen molar-refractivity contribution < 1.29 is 0 Å². The van der Waals surface area contributed by atoms with Crippen LogP contribution in [0, 0.1) is 13.8 Å². The molecule has 0 atom stereocenters. The maximum absolute atomic E-state index is 4.66. The molecule has 0 aliphatic carbocycles. The second-order valence-corrected chi connectivity index (χ2v) is 5.93. The van der Waals surface area contributed by atoms with E-state index in [4.69, 9.17) is 0 Å². The smallest absolute Gasteiger partial charge is 0.191 e. The van der Waals surface area contributed by atoms with Gasteiger partial charge < -0.3 is 10.6 Å². The third-order valence-electron chi connectivity index (χ3n) is 3.41. The standard InChI is InChI=1S/C15H23N5S.HI/c1-5-16-15(17-9-13-7-6-8-21-13)18-10-14-11(2)19-20(4)12(14)3;/h6-8H,5,9-10H2,1-4H3,(H2,16,17,18);1H. The van der Waals surface area contributed by atoms with Gasteiger partial charge >= 0.3 is 0 Å². The molecule has 7 heteroatoms. The van der Waals surface area contributed by atoms with Crippen molar-refractivity contribution in [3.8, 4) is 0 Å². The Balaban J connectivity index is 0.00000242. The van der Waals surface area contributed by atoms with Gasteiger partial charge in [-0.1, -0.05) is 6.07 Å². The predicted molar refractivity (Wildman–Crippen MR) is 104 cm³/mol. The number of rotatable bonds is 5. The minimum absolute atomic E-state index is 0. The number of thiophene rings is 1. The van der Waals surface area contributed by atoms with Crippen molar-refractivity contribution in [2.45, 2.75) is 33.9 Å². The van der Waals surface area contributed by atoms with Crippen LogP contribution in [0.1, 0.15) is 28.8 Å². The van der Waals surface area contributed by atoms with E-state index in [1.165, 1.54) is 16.1 Å². The van der Waals surface area contributed by atoms with E-state index < -0.39 is 0 Å². The summed E-state index contributed by atoms with van der Waals surface area (Å²) < 4.78 is 1.91. The lowest BCUT2D eigenvalue weighted by molar-refractivity contribution is 0.730. The first-order valence-corrected chi connectivity index (χ1v) is 8.03. The van der Waals surface area contributed by atoms with Crippen molar-refractivity contribution in [2.75, 3.05) is 6.54 Å². The summed E-state index contributed by atoms with van der Waals surface area (Å²) in [6.45, 7) is 8.48. The van der Waals surface area contributed by atoms with Gasteiger partial charge in [0.2, 0.25) is 0 Å². The lowest BCUT2D eigenvalue weighted by Gasteiger charge is -2.10. The number of hydrogen-bond donors (Lipinski definition) is 2. The molecule has 0 aromatic carbocycles. The molecule has 2 rings (SSSR count). The van der Waals surface area contributed by atoms with E-state index in [2.05, 4.69) is 52.1 Å². The Labute approximate surface area is 153 Å². The van der Waals surface area contributed by atoms with Crippen LogP contribution in [0.5, 0.6) is 0 Å².